The Morgan fingerprint density at radius 1 is 0.829 bits per heavy atom. The second-order valence-corrected chi connectivity index (χ2v) is 9.40. The van der Waals surface area contributed by atoms with Crippen molar-refractivity contribution in [2.24, 2.45) is 0 Å². The molecule has 0 spiro atoms. The minimum Gasteiger partial charge on any atom is -0.493 e. The molecule has 0 radical (unpaired) electrons. The number of benzene rings is 3. The van der Waals surface area contributed by atoms with Crippen LogP contribution in [0.2, 0.25) is 0 Å². The van der Waals surface area contributed by atoms with E-state index in [1.807, 2.05) is 48.5 Å². The van der Waals surface area contributed by atoms with Gasteiger partial charge in [0.25, 0.3) is 0 Å². The summed E-state index contributed by atoms with van der Waals surface area (Å²) in [6.07, 6.45) is 2.80. The van der Waals surface area contributed by atoms with Gasteiger partial charge in [-0.05, 0) is 65.1 Å². The lowest BCUT2D eigenvalue weighted by molar-refractivity contribution is -0.108. The molecular formula is C29H26O4S2. The third-order valence-electron chi connectivity index (χ3n) is 4.81. The molecule has 0 amide bonds. The molecule has 0 N–H and O–H groups in total. The van der Waals surface area contributed by atoms with Gasteiger partial charge in [-0.3, -0.25) is 9.59 Å². The summed E-state index contributed by atoms with van der Waals surface area (Å²) >= 11 is 2.24. The fourth-order valence-corrected chi connectivity index (χ4v) is 3.90. The molecule has 178 valence electrons. The van der Waals surface area contributed by atoms with Gasteiger partial charge in [0.2, 0.25) is 10.2 Å². The first kappa shape index (κ1) is 26.1. The van der Waals surface area contributed by atoms with E-state index >= 15 is 0 Å². The first-order chi connectivity index (χ1) is 17.0. The van der Waals surface area contributed by atoms with E-state index in [0.717, 1.165) is 39.8 Å². The van der Waals surface area contributed by atoms with Crippen LogP contribution < -0.4 is 9.47 Å². The molecule has 3 aromatic carbocycles. The highest BCUT2D eigenvalue weighted by atomic mass is 32.2. The molecule has 0 aliphatic rings. The van der Waals surface area contributed by atoms with E-state index in [9.17, 15) is 9.59 Å². The maximum atomic E-state index is 11.5. The number of rotatable bonds is 11. The summed E-state index contributed by atoms with van der Waals surface area (Å²) < 4.78 is 11.2. The molecule has 0 saturated heterocycles. The van der Waals surface area contributed by atoms with Gasteiger partial charge in [-0.25, -0.2) is 0 Å². The maximum absolute atomic E-state index is 11.5. The quantitative estimate of drug-likeness (QED) is 0.153. The fourth-order valence-electron chi connectivity index (χ4n) is 2.98. The molecule has 6 heteroatoms. The van der Waals surface area contributed by atoms with Gasteiger partial charge in [-0.15, -0.1) is 0 Å². The van der Waals surface area contributed by atoms with Crippen molar-refractivity contribution < 1.29 is 19.1 Å². The van der Waals surface area contributed by atoms with Crippen LogP contribution in [0.4, 0.5) is 0 Å². The zero-order valence-corrected chi connectivity index (χ0v) is 21.1. The Morgan fingerprint density at radius 2 is 1.31 bits per heavy atom. The lowest BCUT2D eigenvalue weighted by Crippen LogP contribution is -2.01. The Morgan fingerprint density at radius 3 is 1.80 bits per heavy atom. The molecule has 0 atom stereocenters. The van der Waals surface area contributed by atoms with Gasteiger partial charge >= 0.3 is 0 Å². The van der Waals surface area contributed by atoms with Crippen molar-refractivity contribution in [3.63, 3.8) is 0 Å². The topological polar surface area (TPSA) is 52.6 Å². The van der Waals surface area contributed by atoms with Crippen molar-refractivity contribution in [2.45, 2.75) is 6.92 Å². The van der Waals surface area contributed by atoms with Crippen molar-refractivity contribution in [3.8, 4) is 33.8 Å². The van der Waals surface area contributed by atoms with Crippen LogP contribution in [0.25, 0.3) is 22.3 Å². The van der Waals surface area contributed by atoms with Crippen molar-refractivity contribution in [2.75, 3.05) is 12.4 Å². The van der Waals surface area contributed by atoms with Crippen molar-refractivity contribution in [1.82, 2.24) is 0 Å². The standard InChI is InChI=1S/C29H26O4S2/c1-4-28(30)34-19-17-32-26-13-9-24(10-14-26)22-5-7-23(8-6-22)25-11-15-27(16-12-25)33-18-20-35-29(31)21(2)3/h4-16,18,20H,1-2,17,19H2,3H3. The van der Waals surface area contributed by atoms with Crippen LogP contribution >= 0.6 is 23.5 Å². The first-order valence-corrected chi connectivity index (χ1v) is 12.7. The largest absolute Gasteiger partial charge is 0.493 e. The van der Waals surface area contributed by atoms with Crippen LogP contribution in [0.15, 0.2) is 109 Å². The molecule has 0 bridgehead atoms. The Balaban J connectivity index is 1.53. The van der Waals surface area contributed by atoms with Crippen LogP contribution in [0.1, 0.15) is 6.92 Å². The summed E-state index contributed by atoms with van der Waals surface area (Å²) in [5.74, 6) is 2.06. The fraction of sp³-hybridized carbons (Fsp3) is 0.103. The predicted octanol–water partition coefficient (Wildman–Crippen LogP) is 7.53. The lowest BCUT2D eigenvalue weighted by Gasteiger charge is -2.08. The van der Waals surface area contributed by atoms with Gasteiger partial charge in [0.05, 0.1) is 12.9 Å². The zero-order valence-electron chi connectivity index (χ0n) is 19.4. The van der Waals surface area contributed by atoms with Crippen LogP contribution in [0, 0.1) is 0 Å². The van der Waals surface area contributed by atoms with Crippen LogP contribution in [-0.2, 0) is 9.59 Å². The summed E-state index contributed by atoms with van der Waals surface area (Å²) in [5.41, 5.74) is 4.89. The van der Waals surface area contributed by atoms with Gasteiger partial charge in [-0.1, -0.05) is 85.2 Å². The van der Waals surface area contributed by atoms with Crippen molar-refractivity contribution in [3.05, 3.63) is 109 Å². The average Bonchev–Trinajstić information content (AvgIpc) is 2.89. The highest BCUT2D eigenvalue weighted by molar-refractivity contribution is 8.16. The SMILES string of the molecule is C=CC(=O)SCCOc1ccc(-c2ccc(-c3ccc(OC=CSC(=O)C(=C)C)cc3)cc2)cc1. The molecule has 0 heterocycles. The lowest BCUT2D eigenvalue weighted by atomic mass is 10.0. The van der Waals surface area contributed by atoms with E-state index in [4.69, 9.17) is 9.47 Å². The third kappa shape index (κ3) is 8.35. The number of carbonyl (C=O) groups excluding carboxylic acids is 2. The monoisotopic (exact) mass is 502 g/mol. The van der Waals surface area contributed by atoms with E-state index in [2.05, 4.69) is 37.4 Å². The Hall–Kier alpha value is -3.48. The van der Waals surface area contributed by atoms with Gasteiger partial charge in [0.1, 0.15) is 11.5 Å². The summed E-state index contributed by atoms with van der Waals surface area (Å²) in [6, 6.07) is 24.0. The smallest absolute Gasteiger partial charge is 0.218 e. The van der Waals surface area contributed by atoms with Gasteiger partial charge in [-0.2, -0.15) is 0 Å². The van der Waals surface area contributed by atoms with Crippen LogP contribution in [0.5, 0.6) is 11.5 Å². The molecule has 35 heavy (non-hydrogen) atoms. The predicted molar refractivity (Wildman–Crippen MR) is 148 cm³/mol. The molecule has 3 aromatic rings. The average molecular weight is 503 g/mol. The molecule has 0 aliphatic heterocycles. The van der Waals surface area contributed by atoms with Gasteiger partial charge in [0, 0.05) is 11.2 Å². The highest BCUT2D eigenvalue weighted by Crippen LogP contribution is 2.27. The van der Waals surface area contributed by atoms with Crippen molar-refractivity contribution in [1.29, 1.82) is 0 Å². The molecule has 4 nitrogen and oxygen atoms in total. The summed E-state index contributed by atoms with van der Waals surface area (Å²) in [4.78, 5) is 22.7. The van der Waals surface area contributed by atoms with Crippen LogP contribution in [-0.4, -0.2) is 22.6 Å². The molecule has 0 aromatic heterocycles. The first-order valence-electron chi connectivity index (χ1n) is 10.9. The highest BCUT2D eigenvalue weighted by Gasteiger charge is 2.03. The maximum Gasteiger partial charge on any atom is 0.218 e. The number of carbonyl (C=O) groups is 2. The second kappa shape index (κ2) is 13.4. The number of ether oxygens (including phenoxy) is 2. The molecular weight excluding hydrogens is 476 g/mol. The van der Waals surface area contributed by atoms with Gasteiger partial charge in [0.15, 0.2) is 0 Å². The number of thioether (sulfide) groups is 2. The molecule has 0 fully saturated rings. The van der Waals surface area contributed by atoms with Crippen molar-refractivity contribution >= 4 is 33.8 Å². The molecule has 0 unspecified atom stereocenters. The minimum atomic E-state index is -0.0826. The third-order valence-corrected chi connectivity index (χ3v) is 6.44. The zero-order chi connectivity index (χ0) is 25.0. The van der Waals surface area contributed by atoms with E-state index < -0.39 is 0 Å². The van der Waals surface area contributed by atoms with E-state index in [-0.39, 0.29) is 10.2 Å². The number of hydrogen-bond acceptors (Lipinski definition) is 6. The van der Waals surface area contributed by atoms with E-state index in [1.54, 1.807) is 12.3 Å². The summed E-state index contributed by atoms with van der Waals surface area (Å²) in [5, 5.41) is 1.48. The van der Waals surface area contributed by atoms with E-state index in [0.29, 0.717) is 23.7 Å². The summed E-state index contributed by atoms with van der Waals surface area (Å²) in [6.45, 7) is 9.21. The molecule has 0 saturated carbocycles. The molecule has 3 rings (SSSR count). The molecule has 0 aliphatic carbocycles. The Labute approximate surface area is 214 Å². The Kier molecular flexibility index (Phi) is 10.0. The minimum absolute atomic E-state index is 0.0447. The van der Waals surface area contributed by atoms with E-state index in [1.165, 1.54) is 24.1 Å². The number of hydrogen-bond donors (Lipinski definition) is 0. The van der Waals surface area contributed by atoms with Gasteiger partial charge < -0.3 is 9.47 Å². The van der Waals surface area contributed by atoms with Crippen LogP contribution in [0.3, 0.4) is 0 Å². The Bertz CT molecular complexity index is 1190. The normalized spacial score (nSPS) is 10.7. The second-order valence-electron chi connectivity index (χ2n) is 7.42. The summed E-state index contributed by atoms with van der Waals surface area (Å²) in [7, 11) is 0.